The number of thiocarbonyl (C=S) groups is 1. The zero-order chi connectivity index (χ0) is 5.11. The topological polar surface area (TPSA) is 21.3 Å². The quantitative estimate of drug-likeness (QED) is 0.512. The largest absolute Gasteiger partial charge is 0.377 e. The van der Waals surface area contributed by atoms with Gasteiger partial charge in [0.25, 0.3) is 0 Å². The van der Waals surface area contributed by atoms with Gasteiger partial charge in [0.1, 0.15) is 0 Å². The Morgan fingerprint density at radius 3 is 2.57 bits per heavy atom. The molecule has 0 aliphatic carbocycles. The molecular formula is C4H7NOS. The van der Waals surface area contributed by atoms with E-state index in [-0.39, 0.29) is 0 Å². The second-order valence-electron chi connectivity index (χ2n) is 1.52. The summed E-state index contributed by atoms with van der Waals surface area (Å²) < 4.78 is 4.86. The molecule has 40 valence electrons. The van der Waals surface area contributed by atoms with Crippen LogP contribution in [0.2, 0.25) is 0 Å². The molecule has 1 saturated heterocycles. The lowest BCUT2D eigenvalue weighted by molar-refractivity contribution is 0.00404. The van der Waals surface area contributed by atoms with E-state index in [0.29, 0.717) is 6.04 Å². The van der Waals surface area contributed by atoms with Crippen molar-refractivity contribution in [3.05, 3.63) is 0 Å². The van der Waals surface area contributed by atoms with Crippen molar-refractivity contribution in [2.45, 2.75) is 6.04 Å². The molecular weight excluding hydrogens is 110 g/mol. The molecule has 1 aliphatic heterocycles. The van der Waals surface area contributed by atoms with E-state index in [1.165, 1.54) is 5.49 Å². The Morgan fingerprint density at radius 2 is 2.43 bits per heavy atom. The number of rotatable bonds is 2. The molecule has 0 amide bonds. The van der Waals surface area contributed by atoms with Crippen LogP contribution in [0.4, 0.5) is 0 Å². The van der Waals surface area contributed by atoms with Crippen molar-refractivity contribution in [3.63, 3.8) is 0 Å². The summed E-state index contributed by atoms with van der Waals surface area (Å²) in [5, 5.41) is 2.95. The van der Waals surface area contributed by atoms with Crippen LogP contribution in [-0.4, -0.2) is 24.7 Å². The Bertz CT molecular complexity index is 72.1. The normalized spacial score (nSPS) is 20.6. The molecule has 3 heteroatoms. The third kappa shape index (κ3) is 1.11. The number of nitrogens with one attached hydrogen (secondary N) is 1. The minimum absolute atomic E-state index is 0.498. The maximum Gasteiger partial charge on any atom is 0.0730 e. The van der Waals surface area contributed by atoms with E-state index in [1.54, 1.807) is 0 Å². The molecule has 1 aliphatic rings. The van der Waals surface area contributed by atoms with Crippen LogP contribution in [0.15, 0.2) is 0 Å². The third-order valence-corrected chi connectivity index (χ3v) is 1.08. The smallest absolute Gasteiger partial charge is 0.0730 e. The number of hydrogen-bond donors (Lipinski definition) is 1. The molecule has 0 saturated carbocycles. The van der Waals surface area contributed by atoms with Crippen molar-refractivity contribution in [2.24, 2.45) is 0 Å². The van der Waals surface area contributed by atoms with E-state index in [4.69, 9.17) is 4.74 Å². The highest BCUT2D eigenvalue weighted by molar-refractivity contribution is 7.78. The lowest BCUT2D eigenvalue weighted by Gasteiger charge is -2.25. The van der Waals surface area contributed by atoms with Crippen molar-refractivity contribution in [1.82, 2.24) is 5.32 Å². The van der Waals surface area contributed by atoms with Gasteiger partial charge in [0.2, 0.25) is 0 Å². The molecule has 1 N–H and O–H groups in total. The highest BCUT2D eigenvalue weighted by Crippen LogP contribution is 1.96. The van der Waals surface area contributed by atoms with Gasteiger partial charge in [-0.15, -0.1) is 0 Å². The fourth-order valence-electron chi connectivity index (χ4n) is 0.428. The van der Waals surface area contributed by atoms with Crippen LogP contribution in [0.25, 0.3) is 0 Å². The lowest BCUT2D eigenvalue weighted by atomic mass is 10.3. The van der Waals surface area contributed by atoms with Crippen molar-refractivity contribution in [3.8, 4) is 0 Å². The van der Waals surface area contributed by atoms with E-state index in [9.17, 15) is 0 Å². The molecule has 1 fully saturated rings. The zero-order valence-electron chi connectivity index (χ0n) is 3.89. The fraction of sp³-hybridized carbons (Fsp3) is 0.750. The summed E-state index contributed by atoms with van der Waals surface area (Å²) in [7, 11) is 0. The van der Waals surface area contributed by atoms with Gasteiger partial charge in [0.05, 0.1) is 24.7 Å². The van der Waals surface area contributed by atoms with Crippen LogP contribution in [0.3, 0.4) is 0 Å². The zero-order valence-corrected chi connectivity index (χ0v) is 4.70. The predicted octanol–water partition coefficient (Wildman–Crippen LogP) is -0.0680. The standard InChI is InChI=1S/C4H7NOS/c7-3-5-4-1-6-2-4/h3-4H,1-2H2,(H,5,7). The van der Waals surface area contributed by atoms with Crippen LogP contribution in [0.1, 0.15) is 0 Å². The molecule has 2 nitrogen and oxygen atoms in total. The molecule has 0 aromatic heterocycles. The minimum Gasteiger partial charge on any atom is -0.377 e. The minimum atomic E-state index is 0.498. The Kier molecular flexibility index (Phi) is 1.59. The highest BCUT2D eigenvalue weighted by atomic mass is 32.1. The van der Waals surface area contributed by atoms with E-state index < -0.39 is 0 Å². The molecule has 0 radical (unpaired) electrons. The molecule has 0 aromatic carbocycles. The van der Waals surface area contributed by atoms with Gasteiger partial charge in [0.15, 0.2) is 0 Å². The Balaban J connectivity index is 2.03. The fourth-order valence-corrected chi connectivity index (χ4v) is 0.621. The first kappa shape index (κ1) is 5.00. The number of hydrogen-bond acceptors (Lipinski definition) is 2. The second-order valence-corrected chi connectivity index (χ2v) is 1.75. The Labute approximate surface area is 47.9 Å². The van der Waals surface area contributed by atoms with Gasteiger partial charge in [-0.05, 0) is 0 Å². The molecule has 0 atom stereocenters. The van der Waals surface area contributed by atoms with Crippen molar-refractivity contribution in [1.29, 1.82) is 0 Å². The maximum absolute atomic E-state index is 4.86. The Morgan fingerprint density at radius 1 is 1.71 bits per heavy atom. The van der Waals surface area contributed by atoms with Crippen LogP contribution >= 0.6 is 12.2 Å². The molecule has 0 unspecified atom stereocenters. The van der Waals surface area contributed by atoms with Crippen molar-refractivity contribution >= 4 is 17.7 Å². The van der Waals surface area contributed by atoms with Gasteiger partial charge in [-0.3, -0.25) is 0 Å². The highest BCUT2D eigenvalue weighted by Gasteiger charge is 2.14. The van der Waals surface area contributed by atoms with E-state index in [0.717, 1.165) is 13.2 Å². The molecule has 0 bridgehead atoms. The molecule has 1 heterocycles. The molecule has 0 spiro atoms. The summed E-state index contributed by atoms with van der Waals surface area (Å²) in [6, 6.07) is 0.498. The van der Waals surface area contributed by atoms with Crippen molar-refractivity contribution < 1.29 is 4.74 Å². The van der Waals surface area contributed by atoms with Gasteiger partial charge in [0, 0.05) is 0 Å². The van der Waals surface area contributed by atoms with E-state index in [2.05, 4.69) is 17.5 Å². The van der Waals surface area contributed by atoms with Crippen LogP contribution in [-0.2, 0) is 4.74 Å². The van der Waals surface area contributed by atoms with Gasteiger partial charge in [-0.25, -0.2) is 0 Å². The van der Waals surface area contributed by atoms with Gasteiger partial charge < -0.3 is 10.1 Å². The Hall–Kier alpha value is -0.150. The summed E-state index contributed by atoms with van der Waals surface area (Å²) in [5.41, 5.74) is 1.53. The van der Waals surface area contributed by atoms with Crippen LogP contribution in [0, 0.1) is 0 Å². The summed E-state index contributed by atoms with van der Waals surface area (Å²) in [4.78, 5) is 0. The summed E-state index contributed by atoms with van der Waals surface area (Å²) >= 11 is 4.54. The van der Waals surface area contributed by atoms with Crippen molar-refractivity contribution in [2.75, 3.05) is 13.2 Å². The van der Waals surface area contributed by atoms with Gasteiger partial charge in [-0.2, -0.15) is 0 Å². The number of ether oxygens (including phenoxy) is 1. The maximum atomic E-state index is 4.86. The van der Waals surface area contributed by atoms with Gasteiger partial charge in [-0.1, -0.05) is 12.2 Å². The first-order valence-corrected chi connectivity index (χ1v) is 2.68. The predicted molar refractivity (Wildman–Crippen MR) is 31.4 cm³/mol. The molecule has 0 aromatic rings. The summed E-state index contributed by atoms with van der Waals surface area (Å²) in [6.45, 7) is 1.63. The summed E-state index contributed by atoms with van der Waals surface area (Å²) in [6.07, 6.45) is 0. The van der Waals surface area contributed by atoms with Gasteiger partial charge >= 0.3 is 0 Å². The average Bonchev–Trinajstić information content (AvgIpc) is 1.55. The van der Waals surface area contributed by atoms with Crippen LogP contribution < -0.4 is 5.32 Å². The van der Waals surface area contributed by atoms with E-state index in [1.807, 2.05) is 0 Å². The summed E-state index contributed by atoms with van der Waals surface area (Å²) in [5.74, 6) is 0. The third-order valence-electron chi connectivity index (χ3n) is 0.942. The first-order valence-electron chi connectivity index (χ1n) is 2.21. The molecule has 7 heavy (non-hydrogen) atoms. The van der Waals surface area contributed by atoms with E-state index >= 15 is 0 Å². The van der Waals surface area contributed by atoms with Crippen LogP contribution in [0.5, 0.6) is 0 Å². The SMILES string of the molecule is S=CNC1COC1. The monoisotopic (exact) mass is 117 g/mol. The lowest BCUT2D eigenvalue weighted by Crippen LogP contribution is -2.44. The second kappa shape index (κ2) is 2.23. The first-order chi connectivity index (χ1) is 3.43. The molecule has 1 rings (SSSR count). The average molecular weight is 117 g/mol.